The summed E-state index contributed by atoms with van der Waals surface area (Å²) >= 11 is 1.87. The molecule has 13 rings (SSSR count). The van der Waals surface area contributed by atoms with Crippen LogP contribution in [0.15, 0.2) is 237 Å². The predicted molar refractivity (Wildman–Crippen MR) is 268 cm³/mol. The molecule has 0 atom stereocenters. The minimum Gasteiger partial charge on any atom is -0.457 e. The van der Waals surface area contributed by atoms with Crippen LogP contribution in [-0.2, 0) is 5.41 Å². The van der Waals surface area contributed by atoms with Gasteiger partial charge in [0.25, 0.3) is 0 Å². The Balaban J connectivity index is 1.18. The minimum absolute atomic E-state index is 0.768. The van der Waals surface area contributed by atoms with Crippen molar-refractivity contribution in [1.82, 2.24) is 0 Å². The Morgan fingerprint density at radius 3 is 1.34 bits per heavy atom. The molecule has 0 bridgehead atoms. The summed E-state index contributed by atoms with van der Waals surface area (Å²) in [6, 6.07) is 86.6. The highest BCUT2D eigenvalue weighted by Crippen LogP contribution is 2.64. The number of nitrogens with zero attached hydrogens (tertiary/aromatic N) is 1. The Morgan fingerprint density at radius 1 is 0.328 bits per heavy atom. The van der Waals surface area contributed by atoms with Crippen molar-refractivity contribution < 1.29 is 4.74 Å². The molecule has 0 aliphatic carbocycles. The average molecular weight is 834 g/mol. The van der Waals surface area contributed by atoms with Gasteiger partial charge in [0, 0.05) is 26.6 Å². The largest absolute Gasteiger partial charge is 0.457 e. The molecule has 10 aromatic carbocycles. The third-order valence-corrected chi connectivity index (χ3v) is 14.6. The number of benzene rings is 10. The highest BCUT2D eigenvalue weighted by Gasteiger charge is 2.51. The van der Waals surface area contributed by atoms with Crippen LogP contribution in [0, 0.1) is 0 Å². The third kappa shape index (κ3) is 5.44. The van der Waals surface area contributed by atoms with E-state index in [-0.39, 0.29) is 0 Å². The van der Waals surface area contributed by atoms with Crippen molar-refractivity contribution in [3.05, 3.63) is 259 Å². The number of fused-ring (bicyclic) bond motifs is 11. The van der Waals surface area contributed by atoms with Gasteiger partial charge in [0.1, 0.15) is 11.5 Å². The molecule has 300 valence electrons. The van der Waals surface area contributed by atoms with Crippen molar-refractivity contribution in [1.29, 1.82) is 0 Å². The molecule has 3 heterocycles. The number of hydrogen-bond donors (Lipinski definition) is 0. The van der Waals surface area contributed by atoms with Gasteiger partial charge in [0.15, 0.2) is 0 Å². The number of para-hydroxylation sites is 2. The van der Waals surface area contributed by atoms with E-state index in [2.05, 4.69) is 241 Å². The van der Waals surface area contributed by atoms with Crippen LogP contribution in [0.25, 0.3) is 64.7 Å². The lowest BCUT2D eigenvalue weighted by molar-refractivity contribution is 0.434. The molecule has 0 amide bonds. The van der Waals surface area contributed by atoms with Crippen molar-refractivity contribution in [2.24, 2.45) is 0 Å². The van der Waals surface area contributed by atoms with Crippen LogP contribution in [-0.4, -0.2) is 0 Å². The first-order valence-corrected chi connectivity index (χ1v) is 22.7. The van der Waals surface area contributed by atoms with Crippen molar-refractivity contribution in [3.63, 3.8) is 0 Å². The molecular formula is C61H39NOS. The lowest BCUT2D eigenvalue weighted by Gasteiger charge is -2.49. The molecule has 0 N–H and O–H groups in total. The summed E-state index contributed by atoms with van der Waals surface area (Å²) in [4.78, 5) is 2.55. The highest BCUT2D eigenvalue weighted by molar-refractivity contribution is 7.26. The lowest BCUT2D eigenvalue weighted by Crippen LogP contribution is -2.39. The molecule has 1 aromatic heterocycles. The van der Waals surface area contributed by atoms with Gasteiger partial charge in [-0.1, -0.05) is 188 Å². The standard InChI is InChI=1S/C61H39NOS/c1-3-18-40(19-4-1)44-22-7-9-24-46(44)42-34-36-54-52(38-42)61(50-28-12-14-31-57(50)63-58-32-15-13-29-51(58)61)53-39-43(47-25-10-8-23-45(47)41-20-5-2-6-21-41)35-37-55(53)62(54)56-30-17-27-49-48-26-11-16-33-59(48)64-60(49)56/h1-39H. The minimum atomic E-state index is -0.768. The van der Waals surface area contributed by atoms with E-state index in [0.29, 0.717) is 0 Å². The van der Waals surface area contributed by atoms with Gasteiger partial charge in [-0.05, 0) is 104 Å². The summed E-state index contributed by atoms with van der Waals surface area (Å²) in [5, 5.41) is 2.55. The molecule has 64 heavy (non-hydrogen) atoms. The van der Waals surface area contributed by atoms with E-state index >= 15 is 0 Å². The fourth-order valence-corrected chi connectivity index (χ4v) is 11.8. The van der Waals surface area contributed by atoms with Crippen LogP contribution in [0.1, 0.15) is 22.3 Å². The number of anilines is 3. The lowest BCUT2D eigenvalue weighted by atomic mass is 9.60. The van der Waals surface area contributed by atoms with Crippen LogP contribution in [0.5, 0.6) is 11.5 Å². The summed E-state index contributed by atoms with van der Waals surface area (Å²) in [5.74, 6) is 1.73. The van der Waals surface area contributed by atoms with Gasteiger partial charge < -0.3 is 9.64 Å². The molecule has 1 spiro atoms. The van der Waals surface area contributed by atoms with Gasteiger partial charge in [0.05, 0.1) is 27.2 Å². The topological polar surface area (TPSA) is 12.5 Å². The van der Waals surface area contributed by atoms with E-state index in [0.717, 1.165) is 45.1 Å². The first kappa shape index (κ1) is 36.7. The maximum absolute atomic E-state index is 6.91. The smallest absolute Gasteiger partial charge is 0.132 e. The summed E-state index contributed by atoms with van der Waals surface area (Å²) < 4.78 is 9.46. The van der Waals surface area contributed by atoms with Crippen LogP contribution in [0.2, 0.25) is 0 Å². The zero-order valence-electron chi connectivity index (χ0n) is 34.8. The van der Waals surface area contributed by atoms with Crippen LogP contribution in [0.4, 0.5) is 17.1 Å². The second-order valence-electron chi connectivity index (χ2n) is 16.7. The molecule has 0 unspecified atom stereocenters. The fourth-order valence-electron chi connectivity index (χ4n) is 10.6. The van der Waals surface area contributed by atoms with Crippen molar-refractivity contribution in [2.45, 2.75) is 5.41 Å². The first-order valence-electron chi connectivity index (χ1n) is 21.9. The molecule has 11 aromatic rings. The average Bonchev–Trinajstić information content (AvgIpc) is 3.76. The van der Waals surface area contributed by atoms with Crippen molar-refractivity contribution in [2.75, 3.05) is 4.90 Å². The van der Waals surface area contributed by atoms with Crippen LogP contribution >= 0.6 is 11.3 Å². The number of rotatable bonds is 5. The Kier molecular flexibility index (Phi) is 8.34. The summed E-state index contributed by atoms with van der Waals surface area (Å²) in [6.45, 7) is 0. The molecule has 2 nitrogen and oxygen atoms in total. The van der Waals surface area contributed by atoms with Gasteiger partial charge >= 0.3 is 0 Å². The third-order valence-electron chi connectivity index (χ3n) is 13.4. The normalized spacial score (nSPS) is 13.2. The summed E-state index contributed by atoms with van der Waals surface area (Å²) in [5.41, 5.74) is 16.8. The number of hydrogen-bond acceptors (Lipinski definition) is 3. The van der Waals surface area contributed by atoms with Crippen molar-refractivity contribution in [3.8, 4) is 56.0 Å². The maximum Gasteiger partial charge on any atom is 0.132 e. The molecule has 0 saturated carbocycles. The Morgan fingerprint density at radius 2 is 0.781 bits per heavy atom. The summed E-state index contributed by atoms with van der Waals surface area (Å²) in [6.07, 6.45) is 0. The van der Waals surface area contributed by atoms with E-state index in [9.17, 15) is 0 Å². The Labute approximate surface area is 376 Å². The van der Waals surface area contributed by atoms with E-state index in [4.69, 9.17) is 4.74 Å². The molecule has 0 saturated heterocycles. The predicted octanol–water partition coefficient (Wildman–Crippen LogP) is 17.0. The zero-order valence-corrected chi connectivity index (χ0v) is 35.6. The quantitative estimate of drug-likeness (QED) is 0.171. The zero-order chi connectivity index (χ0) is 42.2. The maximum atomic E-state index is 6.91. The van der Waals surface area contributed by atoms with E-state index in [1.807, 2.05) is 11.3 Å². The van der Waals surface area contributed by atoms with Crippen molar-refractivity contribution >= 4 is 48.6 Å². The number of ether oxygens (including phenoxy) is 1. The second-order valence-corrected chi connectivity index (χ2v) is 17.8. The van der Waals surface area contributed by atoms with Crippen LogP contribution < -0.4 is 9.64 Å². The Bertz CT molecular complexity index is 3420. The monoisotopic (exact) mass is 833 g/mol. The molecule has 2 aliphatic rings. The van der Waals surface area contributed by atoms with E-state index < -0.39 is 5.41 Å². The van der Waals surface area contributed by atoms with Gasteiger partial charge in [-0.15, -0.1) is 11.3 Å². The molecule has 0 fully saturated rings. The number of thiophene rings is 1. The molecule has 3 heteroatoms. The van der Waals surface area contributed by atoms with Gasteiger partial charge in [-0.25, -0.2) is 0 Å². The molecular weight excluding hydrogens is 795 g/mol. The van der Waals surface area contributed by atoms with Gasteiger partial charge in [0.2, 0.25) is 0 Å². The molecule has 2 aliphatic heterocycles. The fraction of sp³-hybridized carbons (Fsp3) is 0.0164. The van der Waals surface area contributed by atoms with Gasteiger partial charge in [-0.3, -0.25) is 0 Å². The van der Waals surface area contributed by atoms with E-state index in [1.165, 1.54) is 70.4 Å². The van der Waals surface area contributed by atoms with E-state index in [1.54, 1.807) is 0 Å². The SMILES string of the molecule is c1ccc(-c2ccccc2-c2ccc3c(c2)C2(c4ccccc4Oc4ccccc42)c2cc(-c4ccccc4-c4ccccc4)ccc2N3c2cccc3c2sc2ccccc23)cc1. The highest BCUT2D eigenvalue weighted by atomic mass is 32.1. The first-order chi connectivity index (χ1) is 31.8. The second kappa shape index (κ2) is 14.6. The van der Waals surface area contributed by atoms with Crippen LogP contribution in [0.3, 0.4) is 0 Å². The molecule has 0 radical (unpaired) electrons. The Hall–Kier alpha value is -7.98. The van der Waals surface area contributed by atoms with Gasteiger partial charge in [-0.2, -0.15) is 0 Å². The summed E-state index contributed by atoms with van der Waals surface area (Å²) in [7, 11) is 0.